The predicted molar refractivity (Wildman–Crippen MR) is 143 cm³/mol. The summed E-state index contributed by atoms with van der Waals surface area (Å²) < 4.78 is 6.08. The van der Waals surface area contributed by atoms with Gasteiger partial charge in [-0.3, -0.25) is 14.6 Å². The maximum absolute atomic E-state index is 12.4. The standard InChI is InChI=1S/C30H37N3O2/c1-22-27-10-6-7-11-29(27)33(23(2)34)20-28(22)30(35-3)21-32-16-14-31(15-17-32)19-24-12-13-25-8-4-5-9-26(25)18-24/h4-13,18,22,28,30H,14-17,19-21H2,1-3H3. The van der Waals surface area contributed by atoms with Gasteiger partial charge in [0.2, 0.25) is 5.91 Å². The lowest BCUT2D eigenvalue weighted by molar-refractivity contribution is -0.117. The highest BCUT2D eigenvalue weighted by Crippen LogP contribution is 2.40. The summed E-state index contributed by atoms with van der Waals surface area (Å²) in [6, 6.07) is 23.7. The lowest BCUT2D eigenvalue weighted by atomic mass is 9.79. The molecule has 5 heteroatoms. The summed E-state index contributed by atoms with van der Waals surface area (Å²) in [6.45, 7) is 10.8. The summed E-state index contributed by atoms with van der Waals surface area (Å²) in [4.78, 5) is 19.5. The number of nitrogens with zero attached hydrogens (tertiary/aromatic N) is 3. The van der Waals surface area contributed by atoms with Crippen molar-refractivity contribution in [1.29, 1.82) is 0 Å². The Labute approximate surface area is 209 Å². The molecule has 0 saturated carbocycles. The maximum atomic E-state index is 12.4. The number of piperazine rings is 1. The second-order valence-corrected chi connectivity index (χ2v) is 10.2. The van der Waals surface area contributed by atoms with Crippen LogP contribution in [-0.4, -0.2) is 68.2 Å². The van der Waals surface area contributed by atoms with Gasteiger partial charge in [0.05, 0.1) is 6.10 Å². The van der Waals surface area contributed by atoms with Crippen LogP contribution >= 0.6 is 0 Å². The largest absolute Gasteiger partial charge is 0.380 e. The summed E-state index contributed by atoms with van der Waals surface area (Å²) in [6.07, 6.45) is 0.0900. The fraction of sp³-hybridized carbons (Fsp3) is 0.433. The number of para-hydroxylation sites is 1. The summed E-state index contributed by atoms with van der Waals surface area (Å²) in [7, 11) is 1.83. The van der Waals surface area contributed by atoms with Crippen LogP contribution in [0.5, 0.6) is 0 Å². The molecule has 0 aromatic heterocycles. The Hall–Kier alpha value is -2.73. The number of fused-ring (bicyclic) bond motifs is 2. The molecule has 0 bridgehead atoms. The molecule has 1 amide bonds. The third-order valence-electron chi connectivity index (χ3n) is 8.04. The van der Waals surface area contributed by atoms with Gasteiger partial charge in [-0.25, -0.2) is 0 Å². The first-order valence-electron chi connectivity index (χ1n) is 12.9. The number of carbonyl (C=O) groups is 1. The quantitative estimate of drug-likeness (QED) is 0.519. The Bertz CT molecular complexity index is 1170. The number of rotatable bonds is 6. The molecule has 1 fully saturated rings. The van der Waals surface area contributed by atoms with E-state index in [1.807, 2.05) is 18.1 Å². The van der Waals surface area contributed by atoms with Crippen LogP contribution < -0.4 is 4.90 Å². The van der Waals surface area contributed by atoms with E-state index < -0.39 is 0 Å². The van der Waals surface area contributed by atoms with Crippen molar-refractivity contribution >= 4 is 22.4 Å². The van der Waals surface area contributed by atoms with E-state index in [1.54, 1.807) is 6.92 Å². The van der Waals surface area contributed by atoms with Crippen molar-refractivity contribution in [3.8, 4) is 0 Å². The van der Waals surface area contributed by atoms with Gasteiger partial charge in [0.15, 0.2) is 0 Å². The number of hydrogen-bond donors (Lipinski definition) is 0. The SMILES string of the molecule is COC(CN1CCN(Cc2ccc3ccccc3c2)CC1)C1CN(C(C)=O)c2ccccc2C1C. The lowest BCUT2D eigenvalue weighted by Gasteiger charge is -2.43. The molecule has 184 valence electrons. The van der Waals surface area contributed by atoms with Crippen LogP contribution in [0.1, 0.15) is 30.9 Å². The van der Waals surface area contributed by atoms with Crippen molar-refractivity contribution < 1.29 is 9.53 Å². The minimum Gasteiger partial charge on any atom is -0.380 e. The van der Waals surface area contributed by atoms with Crippen molar-refractivity contribution in [2.24, 2.45) is 5.92 Å². The first-order chi connectivity index (χ1) is 17.0. The Kier molecular flexibility index (Phi) is 7.19. The van der Waals surface area contributed by atoms with E-state index in [1.165, 1.54) is 21.9 Å². The van der Waals surface area contributed by atoms with E-state index >= 15 is 0 Å². The molecule has 3 aromatic carbocycles. The summed E-state index contributed by atoms with van der Waals surface area (Å²) in [5, 5.41) is 2.61. The lowest BCUT2D eigenvalue weighted by Crippen LogP contribution is -2.52. The molecular formula is C30H37N3O2. The maximum Gasteiger partial charge on any atom is 0.223 e. The van der Waals surface area contributed by atoms with E-state index in [2.05, 4.69) is 77.4 Å². The minimum atomic E-state index is 0.0900. The molecule has 0 radical (unpaired) electrons. The zero-order valence-corrected chi connectivity index (χ0v) is 21.2. The molecular weight excluding hydrogens is 434 g/mol. The monoisotopic (exact) mass is 471 g/mol. The molecule has 3 atom stereocenters. The van der Waals surface area contributed by atoms with E-state index in [9.17, 15) is 4.79 Å². The Morgan fingerprint density at radius 1 is 0.943 bits per heavy atom. The first-order valence-corrected chi connectivity index (χ1v) is 12.9. The number of ether oxygens (including phenoxy) is 1. The second kappa shape index (κ2) is 10.5. The Morgan fingerprint density at radius 2 is 1.63 bits per heavy atom. The van der Waals surface area contributed by atoms with E-state index in [4.69, 9.17) is 4.74 Å². The molecule has 5 nitrogen and oxygen atoms in total. The summed E-state index contributed by atoms with van der Waals surface area (Å²) in [5.74, 6) is 0.724. The van der Waals surface area contributed by atoms with Crippen LogP contribution in [0.2, 0.25) is 0 Å². The van der Waals surface area contributed by atoms with Crippen molar-refractivity contribution in [2.75, 3.05) is 51.3 Å². The molecule has 0 aliphatic carbocycles. The van der Waals surface area contributed by atoms with Crippen molar-refractivity contribution in [3.05, 3.63) is 77.9 Å². The van der Waals surface area contributed by atoms with Crippen molar-refractivity contribution in [3.63, 3.8) is 0 Å². The second-order valence-electron chi connectivity index (χ2n) is 10.2. The fourth-order valence-electron chi connectivity index (χ4n) is 5.92. The fourth-order valence-corrected chi connectivity index (χ4v) is 5.92. The molecule has 1 saturated heterocycles. The summed E-state index contributed by atoms with van der Waals surface area (Å²) in [5.41, 5.74) is 3.69. The van der Waals surface area contributed by atoms with Gasteiger partial charge in [0.25, 0.3) is 0 Å². The molecule has 0 N–H and O–H groups in total. The Balaban J connectivity index is 1.20. The molecule has 2 heterocycles. The zero-order chi connectivity index (χ0) is 24.4. The molecule has 2 aliphatic heterocycles. The molecule has 3 unspecified atom stereocenters. The van der Waals surface area contributed by atoms with Crippen LogP contribution in [0.15, 0.2) is 66.7 Å². The highest BCUT2D eigenvalue weighted by molar-refractivity contribution is 5.93. The zero-order valence-electron chi connectivity index (χ0n) is 21.2. The number of methoxy groups -OCH3 is 1. The first kappa shape index (κ1) is 24.0. The topological polar surface area (TPSA) is 36.0 Å². The molecule has 35 heavy (non-hydrogen) atoms. The van der Waals surface area contributed by atoms with Crippen LogP contribution in [-0.2, 0) is 16.1 Å². The number of anilines is 1. The van der Waals surface area contributed by atoms with Gasteiger partial charge in [0, 0.05) is 71.5 Å². The number of benzene rings is 3. The van der Waals surface area contributed by atoms with E-state index in [0.29, 0.717) is 12.5 Å². The van der Waals surface area contributed by atoms with Crippen molar-refractivity contribution in [1.82, 2.24) is 9.80 Å². The molecule has 2 aliphatic rings. The summed E-state index contributed by atoms with van der Waals surface area (Å²) >= 11 is 0. The third kappa shape index (κ3) is 5.13. The normalized spacial score (nSPS) is 22.2. The van der Waals surface area contributed by atoms with Gasteiger partial charge in [0.1, 0.15) is 0 Å². The van der Waals surface area contributed by atoms with Gasteiger partial charge >= 0.3 is 0 Å². The van der Waals surface area contributed by atoms with Gasteiger partial charge < -0.3 is 9.64 Å². The minimum absolute atomic E-state index is 0.0900. The molecule has 0 spiro atoms. The molecule has 3 aromatic rings. The number of hydrogen-bond acceptors (Lipinski definition) is 4. The third-order valence-corrected chi connectivity index (χ3v) is 8.04. The van der Waals surface area contributed by atoms with Crippen LogP contribution in [0, 0.1) is 5.92 Å². The predicted octanol–water partition coefficient (Wildman–Crippen LogP) is 4.76. The highest BCUT2D eigenvalue weighted by Gasteiger charge is 2.38. The average Bonchev–Trinajstić information content (AvgIpc) is 2.88. The van der Waals surface area contributed by atoms with Crippen LogP contribution in [0.3, 0.4) is 0 Å². The van der Waals surface area contributed by atoms with E-state index in [0.717, 1.165) is 45.0 Å². The van der Waals surface area contributed by atoms with Crippen LogP contribution in [0.25, 0.3) is 10.8 Å². The van der Waals surface area contributed by atoms with Gasteiger partial charge in [-0.2, -0.15) is 0 Å². The molecule has 5 rings (SSSR count). The van der Waals surface area contributed by atoms with Gasteiger partial charge in [-0.15, -0.1) is 0 Å². The van der Waals surface area contributed by atoms with E-state index in [-0.39, 0.29) is 17.9 Å². The highest BCUT2D eigenvalue weighted by atomic mass is 16.5. The van der Waals surface area contributed by atoms with Crippen LogP contribution in [0.4, 0.5) is 5.69 Å². The average molecular weight is 472 g/mol. The van der Waals surface area contributed by atoms with Gasteiger partial charge in [-0.1, -0.05) is 61.5 Å². The Morgan fingerprint density at radius 3 is 2.37 bits per heavy atom. The van der Waals surface area contributed by atoms with Gasteiger partial charge in [-0.05, 0) is 39.9 Å². The van der Waals surface area contributed by atoms with Crippen molar-refractivity contribution in [2.45, 2.75) is 32.4 Å². The number of carbonyl (C=O) groups excluding carboxylic acids is 1. The number of amides is 1. The smallest absolute Gasteiger partial charge is 0.223 e.